The van der Waals surface area contributed by atoms with E-state index in [4.69, 9.17) is 4.74 Å². The first-order valence-corrected chi connectivity index (χ1v) is 8.55. The maximum atomic E-state index is 12.5. The molecule has 0 atom stereocenters. The minimum atomic E-state index is -0.551. The zero-order chi connectivity index (χ0) is 17.6. The molecule has 6 heteroatoms. The van der Waals surface area contributed by atoms with Gasteiger partial charge in [0.25, 0.3) is 5.91 Å². The van der Waals surface area contributed by atoms with E-state index >= 15 is 0 Å². The summed E-state index contributed by atoms with van der Waals surface area (Å²) in [6, 6.07) is 12.9. The SMILES string of the molecule is C=CCNC(=O)COC(=O)c1cc(-c2cccs2)nc2ccccc12. The van der Waals surface area contributed by atoms with Gasteiger partial charge in [-0.1, -0.05) is 30.3 Å². The van der Waals surface area contributed by atoms with Gasteiger partial charge in [0.2, 0.25) is 0 Å². The molecule has 126 valence electrons. The van der Waals surface area contributed by atoms with Crippen molar-refractivity contribution in [1.29, 1.82) is 0 Å². The second-order valence-electron chi connectivity index (χ2n) is 5.22. The Morgan fingerprint density at radius 3 is 2.84 bits per heavy atom. The highest BCUT2D eigenvalue weighted by molar-refractivity contribution is 7.13. The lowest BCUT2D eigenvalue weighted by Crippen LogP contribution is -2.28. The highest BCUT2D eigenvalue weighted by Crippen LogP contribution is 2.28. The van der Waals surface area contributed by atoms with Crippen LogP contribution in [0.2, 0.25) is 0 Å². The number of aromatic nitrogens is 1. The molecule has 0 saturated carbocycles. The predicted molar refractivity (Wildman–Crippen MR) is 98.5 cm³/mol. The number of hydrogen-bond acceptors (Lipinski definition) is 5. The molecule has 25 heavy (non-hydrogen) atoms. The molecule has 0 aliphatic heterocycles. The van der Waals surface area contributed by atoms with Crippen LogP contribution in [-0.4, -0.2) is 30.0 Å². The maximum absolute atomic E-state index is 12.5. The Kier molecular flexibility index (Phi) is 5.20. The second-order valence-corrected chi connectivity index (χ2v) is 6.17. The standard InChI is InChI=1S/C19H16N2O3S/c1-2-9-20-18(22)12-24-19(23)14-11-16(17-8-5-10-25-17)21-15-7-4-3-6-13(14)15/h2-8,10-11H,1,9,12H2,(H,20,22). The number of carbonyl (C=O) groups excluding carboxylic acids is 2. The first-order valence-electron chi connectivity index (χ1n) is 7.67. The molecular weight excluding hydrogens is 336 g/mol. The average molecular weight is 352 g/mol. The first kappa shape index (κ1) is 16.9. The van der Waals surface area contributed by atoms with Gasteiger partial charge in [0, 0.05) is 11.9 Å². The Hall–Kier alpha value is -2.99. The number of fused-ring (bicyclic) bond motifs is 1. The van der Waals surface area contributed by atoms with Crippen LogP contribution >= 0.6 is 11.3 Å². The molecule has 2 aromatic heterocycles. The van der Waals surface area contributed by atoms with Crippen molar-refractivity contribution in [1.82, 2.24) is 10.3 Å². The van der Waals surface area contributed by atoms with E-state index in [-0.39, 0.29) is 12.5 Å². The third kappa shape index (κ3) is 3.92. The Labute approximate surface area is 149 Å². The predicted octanol–water partition coefficient (Wildman–Crippen LogP) is 3.42. The van der Waals surface area contributed by atoms with Gasteiger partial charge in [-0.3, -0.25) is 4.79 Å². The summed E-state index contributed by atoms with van der Waals surface area (Å²) < 4.78 is 5.16. The summed E-state index contributed by atoms with van der Waals surface area (Å²) in [5.74, 6) is -0.921. The van der Waals surface area contributed by atoms with E-state index in [1.165, 1.54) is 0 Å². The van der Waals surface area contributed by atoms with Gasteiger partial charge >= 0.3 is 5.97 Å². The van der Waals surface area contributed by atoms with Gasteiger partial charge in [-0.25, -0.2) is 9.78 Å². The summed E-state index contributed by atoms with van der Waals surface area (Å²) in [6.45, 7) is 3.51. The van der Waals surface area contributed by atoms with Gasteiger partial charge in [0.05, 0.1) is 21.7 Å². The van der Waals surface area contributed by atoms with Crippen molar-refractivity contribution in [3.63, 3.8) is 0 Å². The van der Waals surface area contributed by atoms with Crippen LogP contribution in [0.3, 0.4) is 0 Å². The van der Waals surface area contributed by atoms with Crippen molar-refractivity contribution in [2.45, 2.75) is 0 Å². The Morgan fingerprint density at radius 2 is 2.08 bits per heavy atom. The number of pyridine rings is 1. The molecule has 1 amide bonds. The van der Waals surface area contributed by atoms with E-state index < -0.39 is 5.97 Å². The lowest BCUT2D eigenvalue weighted by Gasteiger charge is -2.09. The number of ether oxygens (including phenoxy) is 1. The van der Waals surface area contributed by atoms with Crippen LogP contribution in [0, 0.1) is 0 Å². The van der Waals surface area contributed by atoms with Gasteiger partial charge in [-0.05, 0) is 23.6 Å². The van der Waals surface area contributed by atoms with E-state index in [2.05, 4.69) is 16.9 Å². The molecule has 1 N–H and O–H groups in total. The van der Waals surface area contributed by atoms with Crippen LogP contribution in [0.15, 0.2) is 60.5 Å². The first-order chi connectivity index (χ1) is 12.2. The summed E-state index contributed by atoms with van der Waals surface area (Å²) in [6.07, 6.45) is 1.56. The van der Waals surface area contributed by atoms with Gasteiger partial charge in [-0.15, -0.1) is 17.9 Å². The van der Waals surface area contributed by atoms with Gasteiger partial charge in [0.1, 0.15) is 0 Å². The van der Waals surface area contributed by atoms with Crippen LogP contribution < -0.4 is 5.32 Å². The minimum Gasteiger partial charge on any atom is -0.452 e. The molecule has 0 aliphatic rings. The number of benzene rings is 1. The molecule has 1 aromatic carbocycles. The second kappa shape index (κ2) is 7.72. The topological polar surface area (TPSA) is 68.3 Å². The Bertz CT molecular complexity index is 920. The van der Waals surface area contributed by atoms with Crippen molar-refractivity contribution >= 4 is 34.1 Å². The fourth-order valence-corrected chi connectivity index (χ4v) is 3.03. The molecule has 3 rings (SSSR count). The lowest BCUT2D eigenvalue weighted by atomic mass is 10.1. The summed E-state index contributed by atoms with van der Waals surface area (Å²) >= 11 is 1.54. The van der Waals surface area contributed by atoms with Crippen LogP contribution in [0.5, 0.6) is 0 Å². The summed E-state index contributed by atoms with van der Waals surface area (Å²) in [5, 5.41) is 5.21. The van der Waals surface area contributed by atoms with Gasteiger partial charge in [0.15, 0.2) is 6.61 Å². The van der Waals surface area contributed by atoms with Crippen LogP contribution in [0.25, 0.3) is 21.5 Å². The number of nitrogens with zero attached hydrogens (tertiary/aromatic N) is 1. The van der Waals surface area contributed by atoms with Gasteiger partial charge < -0.3 is 10.1 Å². The number of amides is 1. The summed E-state index contributed by atoms with van der Waals surface area (Å²) in [7, 11) is 0. The number of para-hydroxylation sites is 1. The third-order valence-corrected chi connectivity index (χ3v) is 4.38. The number of nitrogens with one attached hydrogen (secondary N) is 1. The minimum absolute atomic E-state index is 0.330. The molecule has 0 spiro atoms. The molecule has 0 unspecified atom stereocenters. The average Bonchev–Trinajstić information content (AvgIpc) is 3.18. The molecule has 5 nitrogen and oxygen atoms in total. The van der Waals surface area contributed by atoms with Crippen molar-refractivity contribution in [3.8, 4) is 10.6 Å². The van der Waals surface area contributed by atoms with E-state index in [1.54, 1.807) is 23.5 Å². The monoisotopic (exact) mass is 352 g/mol. The van der Waals surface area contributed by atoms with Crippen molar-refractivity contribution in [2.24, 2.45) is 0 Å². The largest absolute Gasteiger partial charge is 0.452 e. The van der Waals surface area contributed by atoms with Gasteiger partial charge in [-0.2, -0.15) is 0 Å². The fraction of sp³-hybridized carbons (Fsp3) is 0.105. The Morgan fingerprint density at radius 1 is 1.24 bits per heavy atom. The highest BCUT2D eigenvalue weighted by atomic mass is 32.1. The summed E-state index contributed by atoms with van der Waals surface area (Å²) in [5.41, 5.74) is 1.80. The number of rotatable bonds is 6. The molecule has 0 saturated heterocycles. The highest BCUT2D eigenvalue weighted by Gasteiger charge is 2.16. The molecule has 0 bridgehead atoms. The van der Waals surface area contributed by atoms with Crippen LogP contribution in [-0.2, 0) is 9.53 Å². The van der Waals surface area contributed by atoms with Crippen LogP contribution in [0.1, 0.15) is 10.4 Å². The number of hydrogen-bond donors (Lipinski definition) is 1. The molecule has 0 radical (unpaired) electrons. The van der Waals surface area contributed by atoms with Crippen molar-refractivity contribution < 1.29 is 14.3 Å². The quantitative estimate of drug-likeness (QED) is 0.545. The Balaban J connectivity index is 1.90. The summed E-state index contributed by atoms with van der Waals surface area (Å²) in [4.78, 5) is 29.7. The zero-order valence-corrected chi connectivity index (χ0v) is 14.2. The van der Waals surface area contributed by atoms with Crippen LogP contribution in [0.4, 0.5) is 0 Å². The van der Waals surface area contributed by atoms with Crippen molar-refractivity contribution in [3.05, 3.63) is 66.1 Å². The van der Waals surface area contributed by atoms with E-state index in [0.29, 0.717) is 28.7 Å². The maximum Gasteiger partial charge on any atom is 0.339 e. The van der Waals surface area contributed by atoms with E-state index in [1.807, 2.05) is 41.8 Å². The molecular formula is C19H16N2O3S. The number of esters is 1. The smallest absolute Gasteiger partial charge is 0.339 e. The molecule has 2 heterocycles. The lowest BCUT2D eigenvalue weighted by molar-refractivity contribution is -0.124. The third-order valence-electron chi connectivity index (χ3n) is 3.49. The molecule has 3 aromatic rings. The van der Waals surface area contributed by atoms with Crippen molar-refractivity contribution in [2.75, 3.05) is 13.2 Å². The molecule has 0 aliphatic carbocycles. The molecule has 0 fully saturated rings. The number of carbonyl (C=O) groups is 2. The zero-order valence-electron chi connectivity index (χ0n) is 13.4. The van der Waals surface area contributed by atoms with E-state index in [0.717, 1.165) is 4.88 Å². The fourth-order valence-electron chi connectivity index (χ4n) is 2.34. The van der Waals surface area contributed by atoms with E-state index in [9.17, 15) is 9.59 Å². The normalized spacial score (nSPS) is 10.4. The number of thiophene rings is 1.